The first-order valence-electron chi connectivity index (χ1n) is 11.1. The molecule has 8 nitrogen and oxygen atoms in total. The highest BCUT2D eigenvalue weighted by Gasteiger charge is 2.45. The van der Waals surface area contributed by atoms with Crippen LogP contribution in [0, 0.1) is 12.3 Å². The van der Waals surface area contributed by atoms with E-state index in [9.17, 15) is 18.8 Å². The fourth-order valence-corrected chi connectivity index (χ4v) is 4.92. The van der Waals surface area contributed by atoms with Gasteiger partial charge in [0, 0.05) is 6.42 Å². The molecule has 0 unspecified atom stereocenters. The number of halogens is 1. The van der Waals surface area contributed by atoms with Gasteiger partial charge in [-0.25, -0.2) is 14.2 Å². The summed E-state index contributed by atoms with van der Waals surface area (Å²) < 4.78 is 14.3. The molecule has 2 aromatic rings. The summed E-state index contributed by atoms with van der Waals surface area (Å²) in [5.41, 5.74) is 3.90. The summed E-state index contributed by atoms with van der Waals surface area (Å²) in [6, 6.07) is 5.29. The van der Waals surface area contributed by atoms with E-state index in [-0.39, 0.29) is 19.0 Å². The van der Waals surface area contributed by atoms with Crippen LogP contribution in [0.3, 0.4) is 0 Å². The molecule has 1 aliphatic rings. The predicted molar refractivity (Wildman–Crippen MR) is 128 cm³/mol. The zero-order valence-corrected chi connectivity index (χ0v) is 20.8. The largest absolute Gasteiger partial charge is 0.465 e. The van der Waals surface area contributed by atoms with Gasteiger partial charge in [-0.3, -0.25) is 9.59 Å². The van der Waals surface area contributed by atoms with Gasteiger partial charge in [0.2, 0.25) is 11.8 Å². The quantitative estimate of drug-likeness (QED) is 0.568. The van der Waals surface area contributed by atoms with Crippen LogP contribution >= 0.6 is 11.3 Å². The molecule has 0 bridgehead atoms. The van der Waals surface area contributed by atoms with Gasteiger partial charge in [0.05, 0.1) is 28.7 Å². The van der Waals surface area contributed by atoms with Crippen LogP contribution in [0.1, 0.15) is 51.4 Å². The van der Waals surface area contributed by atoms with Gasteiger partial charge in [-0.15, -0.1) is 11.3 Å². The second-order valence-electron chi connectivity index (χ2n) is 9.71. The van der Waals surface area contributed by atoms with Gasteiger partial charge in [-0.05, 0) is 30.4 Å². The van der Waals surface area contributed by atoms with Crippen molar-refractivity contribution in [3.63, 3.8) is 0 Å². The fraction of sp³-hybridized carbons (Fsp3) is 0.500. The Balaban J connectivity index is 1.72. The number of nitrogens with zero attached hydrogens (tertiary/aromatic N) is 2. The number of hydrogen-bond acceptors (Lipinski definition) is 5. The second-order valence-corrected chi connectivity index (χ2v) is 10.6. The van der Waals surface area contributed by atoms with E-state index in [0.29, 0.717) is 0 Å². The molecular weight excluding hydrogens is 459 g/mol. The number of benzene rings is 1. The Hall–Kier alpha value is -3.01. The van der Waals surface area contributed by atoms with E-state index in [0.717, 1.165) is 26.6 Å². The molecule has 1 fully saturated rings. The van der Waals surface area contributed by atoms with E-state index in [4.69, 9.17) is 5.11 Å². The van der Waals surface area contributed by atoms with Crippen molar-refractivity contribution in [3.8, 4) is 10.4 Å². The number of carbonyl (C=O) groups is 3. The van der Waals surface area contributed by atoms with Gasteiger partial charge in [0.1, 0.15) is 18.3 Å². The third-order valence-corrected chi connectivity index (χ3v) is 6.97. The van der Waals surface area contributed by atoms with Crippen LogP contribution in [0.15, 0.2) is 29.8 Å². The zero-order valence-electron chi connectivity index (χ0n) is 20.0. The van der Waals surface area contributed by atoms with Crippen LogP contribution in [0.2, 0.25) is 0 Å². The molecule has 0 aliphatic carbocycles. The van der Waals surface area contributed by atoms with Gasteiger partial charge < -0.3 is 20.6 Å². The highest BCUT2D eigenvalue weighted by Crippen LogP contribution is 2.30. The highest BCUT2D eigenvalue weighted by molar-refractivity contribution is 7.13. The number of aromatic nitrogens is 1. The molecule has 3 amide bonds. The first-order chi connectivity index (χ1) is 15.9. The van der Waals surface area contributed by atoms with Crippen molar-refractivity contribution in [1.82, 2.24) is 20.5 Å². The Bertz CT molecular complexity index is 1050. The second kappa shape index (κ2) is 10.1. The lowest BCUT2D eigenvalue weighted by Gasteiger charge is -2.34. The number of carbonyl (C=O) groups excluding carboxylic acids is 2. The lowest BCUT2D eigenvalue weighted by atomic mass is 9.85. The summed E-state index contributed by atoms with van der Waals surface area (Å²) in [5, 5.41) is 14.3. The highest BCUT2D eigenvalue weighted by atomic mass is 32.1. The Morgan fingerprint density at radius 2 is 1.85 bits per heavy atom. The van der Waals surface area contributed by atoms with Gasteiger partial charge >= 0.3 is 6.09 Å². The topological polar surface area (TPSA) is 112 Å². The van der Waals surface area contributed by atoms with E-state index in [2.05, 4.69) is 15.6 Å². The van der Waals surface area contributed by atoms with Gasteiger partial charge in [0.25, 0.3) is 0 Å². The SMILES string of the molecule is Cc1ncsc1-c1ccc([C@H](C)NC(=O)[C@@H]2C[C@H](F)CN2C(=O)[C@@H](NC(=O)O)C(C)(C)C)cc1. The molecule has 0 radical (unpaired) electrons. The van der Waals surface area contributed by atoms with Gasteiger partial charge in [-0.2, -0.15) is 0 Å². The maximum atomic E-state index is 14.3. The summed E-state index contributed by atoms with van der Waals surface area (Å²) in [4.78, 5) is 44.0. The fourth-order valence-electron chi connectivity index (χ4n) is 4.11. The number of rotatable bonds is 6. The minimum absolute atomic E-state index is 0.127. The van der Waals surface area contributed by atoms with Gasteiger partial charge in [-0.1, -0.05) is 45.0 Å². The van der Waals surface area contributed by atoms with Crippen molar-refractivity contribution in [2.45, 2.75) is 65.3 Å². The summed E-state index contributed by atoms with van der Waals surface area (Å²) in [6.07, 6.45) is -2.84. The molecule has 184 valence electrons. The van der Waals surface area contributed by atoms with Crippen LogP contribution in [0.4, 0.5) is 9.18 Å². The van der Waals surface area contributed by atoms with E-state index in [1.54, 1.807) is 37.6 Å². The van der Waals surface area contributed by atoms with Crippen molar-refractivity contribution in [1.29, 1.82) is 0 Å². The number of carboxylic acid groups (broad SMARTS) is 1. The van der Waals surface area contributed by atoms with E-state index < -0.39 is 41.6 Å². The van der Waals surface area contributed by atoms with Gasteiger partial charge in [0.15, 0.2) is 0 Å². The molecule has 0 spiro atoms. The molecule has 1 aromatic carbocycles. The molecule has 3 N–H and O–H groups in total. The molecule has 2 heterocycles. The number of likely N-dealkylation sites (tertiary alicyclic amines) is 1. The van der Waals surface area contributed by atoms with Crippen LogP contribution in [0.5, 0.6) is 0 Å². The van der Waals surface area contributed by atoms with Crippen molar-refractivity contribution in [2.75, 3.05) is 6.54 Å². The van der Waals surface area contributed by atoms with E-state index >= 15 is 0 Å². The summed E-state index contributed by atoms with van der Waals surface area (Å²) in [7, 11) is 0. The molecule has 3 rings (SSSR count). The molecular formula is C24H31FN4O4S. The first kappa shape index (κ1) is 25.6. The van der Waals surface area contributed by atoms with Crippen molar-refractivity contribution < 1.29 is 23.9 Å². The number of nitrogens with one attached hydrogen (secondary N) is 2. The van der Waals surface area contributed by atoms with Crippen LogP contribution in [-0.4, -0.2) is 57.7 Å². The summed E-state index contributed by atoms with van der Waals surface area (Å²) in [6.45, 7) is 8.66. The third kappa shape index (κ3) is 5.72. The molecule has 34 heavy (non-hydrogen) atoms. The normalized spacial score (nSPS) is 20.0. The first-order valence-corrected chi connectivity index (χ1v) is 12.0. The van der Waals surface area contributed by atoms with Crippen molar-refractivity contribution in [3.05, 3.63) is 41.0 Å². The standard InChI is InChI=1S/C24H31FN4O4S/c1-13(15-6-8-16(9-7-15)19-14(2)26-12-34-19)27-21(30)18-10-17(25)11-29(18)22(31)20(24(3,4)5)28-23(32)33/h6-9,12-13,17-18,20,28H,10-11H2,1-5H3,(H,27,30)(H,32,33)/t13-,17-,18-,20+/m0/s1. The number of amides is 3. The average Bonchev–Trinajstić information content (AvgIpc) is 3.36. The van der Waals surface area contributed by atoms with Crippen molar-refractivity contribution >= 4 is 29.2 Å². The molecule has 4 atom stereocenters. The number of aryl methyl sites for hydroxylation is 1. The average molecular weight is 491 g/mol. The van der Waals surface area contributed by atoms with Crippen LogP contribution in [-0.2, 0) is 9.59 Å². The molecule has 0 saturated carbocycles. The Morgan fingerprint density at radius 1 is 1.21 bits per heavy atom. The molecule has 10 heteroatoms. The maximum Gasteiger partial charge on any atom is 0.405 e. The molecule has 1 aliphatic heterocycles. The smallest absolute Gasteiger partial charge is 0.405 e. The minimum Gasteiger partial charge on any atom is -0.465 e. The van der Waals surface area contributed by atoms with E-state index in [1.165, 1.54) is 0 Å². The number of hydrogen-bond donors (Lipinski definition) is 3. The lowest BCUT2D eigenvalue weighted by molar-refractivity contribution is -0.142. The van der Waals surface area contributed by atoms with E-state index in [1.807, 2.05) is 38.1 Å². The number of alkyl halides is 1. The zero-order chi connectivity index (χ0) is 25.2. The van der Waals surface area contributed by atoms with Crippen molar-refractivity contribution in [2.24, 2.45) is 5.41 Å². The van der Waals surface area contributed by atoms with Crippen LogP contribution in [0.25, 0.3) is 10.4 Å². The predicted octanol–water partition coefficient (Wildman–Crippen LogP) is 3.92. The third-order valence-electron chi connectivity index (χ3n) is 5.99. The minimum atomic E-state index is -1.36. The molecule has 1 saturated heterocycles. The molecule has 1 aromatic heterocycles. The Kier molecular flexibility index (Phi) is 7.60. The Labute approximate surface area is 202 Å². The lowest BCUT2D eigenvalue weighted by Crippen LogP contribution is -2.57. The maximum absolute atomic E-state index is 14.3. The number of thiazole rings is 1. The monoisotopic (exact) mass is 490 g/mol. The van der Waals surface area contributed by atoms with Crippen LogP contribution < -0.4 is 10.6 Å². The summed E-state index contributed by atoms with van der Waals surface area (Å²) in [5.74, 6) is -1.07. The summed E-state index contributed by atoms with van der Waals surface area (Å²) >= 11 is 1.56. The Morgan fingerprint density at radius 3 is 2.38 bits per heavy atom.